The maximum atomic E-state index is 12.6. The zero-order chi connectivity index (χ0) is 23.8. The predicted octanol–water partition coefficient (Wildman–Crippen LogP) is 3.86. The standard InChI is InChI=1S/C23H20BrClN2O6/c1-30-21-11-15(10-16(13-26)23(29)27-6-8-31-9-7-27)2-4-20(21)33-22(28)14-32-19-5-3-17(25)12-18(19)24/h2-5,10-12H,6-9,14H2,1H3/b16-10+. The average molecular weight is 536 g/mol. The van der Waals surface area contributed by atoms with Crippen LogP contribution in [0, 0.1) is 11.3 Å². The summed E-state index contributed by atoms with van der Waals surface area (Å²) >= 11 is 9.20. The molecule has 172 valence electrons. The molecule has 2 aromatic carbocycles. The minimum absolute atomic E-state index is 0.00867. The number of rotatable bonds is 7. The van der Waals surface area contributed by atoms with Crippen LogP contribution in [0.15, 0.2) is 46.4 Å². The second-order valence-corrected chi connectivity index (χ2v) is 8.11. The van der Waals surface area contributed by atoms with Gasteiger partial charge in [0, 0.05) is 18.1 Å². The van der Waals surface area contributed by atoms with E-state index in [0.717, 1.165) is 0 Å². The number of halogens is 2. The Balaban J connectivity index is 1.68. The van der Waals surface area contributed by atoms with Gasteiger partial charge in [-0.15, -0.1) is 0 Å². The number of ether oxygens (including phenoxy) is 4. The van der Waals surface area contributed by atoms with Gasteiger partial charge in [0.2, 0.25) is 0 Å². The maximum absolute atomic E-state index is 12.6. The van der Waals surface area contributed by atoms with Gasteiger partial charge in [0.1, 0.15) is 17.4 Å². The first kappa shape index (κ1) is 24.6. The van der Waals surface area contributed by atoms with E-state index in [1.807, 2.05) is 6.07 Å². The highest BCUT2D eigenvalue weighted by Crippen LogP contribution is 2.30. The van der Waals surface area contributed by atoms with Crippen molar-refractivity contribution in [1.29, 1.82) is 5.26 Å². The molecule has 0 spiro atoms. The number of morpholine rings is 1. The number of hydrogen-bond acceptors (Lipinski definition) is 7. The Hall–Kier alpha value is -3.06. The molecule has 0 radical (unpaired) electrons. The Morgan fingerprint density at radius 1 is 1.18 bits per heavy atom. The third-order valence-corrected chi connectivity index (χ3v) is 5.47. The second-order valence-electron chi connectivity index (χ2n) is 6.82. The lowest BCUT2D eigenvalue weighted by Crippen LogP contribution is -2.41. The van der Waals surface area contributed by atoms with Crippen molar-refractivity contribution in [3.8, 4) is 23.3 Å². The highest BCUT2D eigenvalue weighted by atomic mass is 79.9. The normalized spacial score (nSPS) is 13.8. The van der Waals surface area contributed by atoms with E-state index in [2.05, 4.69) is 15.9 Å². The van der Waals surface area contributed by atoms with Crippen molar-refractivity contribution in [1.82, 2.24) is 4.90 Å². The van der Waals surface area contributed by atoms with E-state index >= 15 is 0 Å². The van der Waals surface area contributed by atoms with Crippen molar-refractivity contribution in [3.63, 3.8) is 0 Å². The first-order valence-electron chi connectivity index (χ1n) is 9.86. The average Bonchev–Trinajstić information content (AvgIpc) is 2.82. The first-order valence-corrected chi connectivity index (χ1v) is 11.0. The summed E-state index contributed by atoms with van der Waals surface area (Å²) < 4.78 is 22.0. The van der Waals surface area contributed by atoms with Gasteiger partial charge in [0.25, 0.3) is 5.91 Å². The van der Waals surface area contributed by atoms with Crippen LogP contribution in [-0.4, -0.2) is 56.8 Å². The summed E-state index contributed by atoms with van der Waals surface area (Å²) in [6, 6.07) is 11.6. The lowest BCUT2D eigenvalue weighted by atomic mass is 10.1. The number of carbonyl (C=O) groups is 2. The van der Waals surface area contributed by atoms with Crippen LogP contribution in [0.5, 0.6) is 17.2 Å². The van der Waals surface area contributed by atoms with Crippen LogP contribution in [0.1, 0.15) is 5.56 Å². The summed E-state index contributed by atoms with van der Waals surface area (Å²) in [6.07, 6.45) is 1.47. The monoisotopic (exact) mass is 534 g/mol. The molecule has 1 aliphatic rings. The van der Waals surface area contributed by atoms with E-state index in [4.69, 9.17) is 30.5 Å². The molecule has 0 bridgehead atoms. The van der Waals surface area contributed by atoms with Gasteiger partial charge in [-0.3, -0.25) is 4.79 Å². The predicted molar refractivity (Wildman–Crippen MR) is 124 cm³/mol. The summed E-state index contributed by atoms with van der Waals surface area (Å²) in [5, 5.41) is 9.98. The van der Waals surface area contributed by atoms with Gasteiger partial charge in [-0.05, 0) is 57.9 Å². The highest BCUT2D eigenvalue weighted by molar-refractivity contribution is 9.10. The van der Waals surface area contributed by atoms with E-state index in [1.165, 1.54) is 19.3 Å². The van der Waals surface area contributed by atoms with Gasteiger partial charge in [-0.1, -0.05) is 17.7 Å². The fourth-order valence-corrected chi connectivity index (χ4v) is 3.78. The van der Waals surface area contributed by atoms with Crippen LogP contribution in [-0.2, 0) is 14.3 Å². The fourth-order valence-electron chi connectivity index (χ4n) is 2.98. The van der Waals surface area contributed by atoms with Crippen molar-refractivity contribution in [3.05, 3.63) is 57.0 Å². The number of esters is 1. The van der Waals surface area contributed by atoms with Crippen LogP contribution in [0.25, 0.3) is 6.08 Å². The number of amides is 1. The third kappa shape index (κ3) is 6.71. The van der Waals surface area contributed by atoms with Gasteiger partial charge in [-0.2, -0.15) is 5.26 Å². The van der Waals surface area contributed by atoms with E-state index in [-0.39, 0.29) is 29.6 Å². The number of hydrogen-bond donors (Lipinski definition) is 0. The number of nitriles is 1. The molecule has 8 nitrogen and oxygen atoms in total. The molecule has 1 amide bonds. The second kappa shape index (κ2) is 11.7. The van der Waals surface area contributed by atoms with Crippen LogP contribution in [0.3, 0.4) is 0 Å². The van der Waals surface area contributed by atoms with Gasteiger partial charge in [-0.25, -0.2) is 4.79 Å². The number of nitrogens with zero attached hydrogens (tertiary/aromatic N) is 2. The minimum atomic E-state index is -0.640. The topological polar surface area (TPSA) is 98.1 Å². The summed E-state index contributed by atoms with van der Waals surface area (Å²) in [5.41, 5.74) is 0.539. The lowest BCUT2D eigenvalue weighted by Gasteiger charge is -2.26. The summed E-state index contributed by atoms with van der Waals surface area (Å²) in [7, 11) is 1.42. The van der Waals surface area contributed by atoms with Gasteiger partial charge in [0.15, 0.2) is 18.1 Å². The van der Waals surface area contributed by atoms with Crippen LogP contribution >= 0.6 is 27.5 Å². The minimum Gasteiger partial charge on any atom is -0.493 e. The van der Waals surface area contributed by atoms with E-state index in [9.17, 15) is 14.9 Å². The molecule has 1 heterocycles. The zero-order valence-corrected chi connectivity index (χ0v) is 20.0. The molecule has 0 saturated carbocycles. The molecule has 0 atom stereocenters. The molecule has 0 aliphatic carbocycles. The molecule has 10 heteroatoms. The molecular formula is C23H20BrClN2O6. The van der Waals surface area contributed by atoms with Crippen molar-refractivity contribution in [2.75, 3.05) is 40.0 Å². The molecule has 0 unspecified atom stereocenters. The molecule has 3 rings (SSSR count). The van der Waals surface area contributed by atoms with Crippen molar-refractivity contribution in [2.24, 2.45) is 0 Å². The van der Waals surface area contributed by atoms with E-state index in [1.54, 1.807) is 35.2 Å². The summed E-state index contributed by atoms with van der Waals surface area (Å²) in [4.78, 5) is 26.4. The molecule has 2 aromatic rings. The zero-order valence-electron chi connectivity index (χ0n) is 17.7. The Morgan fingerprint density at radius 3 is 2.58 bits per heavy atom. The molecule has 0 N–H and O–H groups in total. The molecule has 33 heavy (non-hydrogen) atoms. The summed E-state index contributed by atoms with van der Waals surface area (Å²) in [6.45, 7) is 1.42. The fraction of sp³-hybridized carbons (Fsp3) is 0.261. The number of carbonyl (C=O) groups excluding carboxylic acids is 2. The molecule has 1 aliphatic heterocycles. The number of methoxy groups -OCH3 is 1. The van der Waals surface area contributed by atoms with Gasteiger partial charge >= 0.3 is 5.97 Å². The third-order valence-electron chi connectivity index (χ3n) is 4.61. The van der Waals surface area contributed by atoms with Gasteiger partial charge in [0.05, 0.1) is 24.8 Å². The quantitative estimate of drug-likeness (QED) is 0.230. The Bertz CT molecular complexity index is 1110. The van der Waals surface area contributed by atoms with Crippen molar-refractivity contribution in [2.45, 2.75) is 0 Å². The molecule has 1 saturated heterocycles. The van der Waals surface area contributed by atoms with Crippen LogP contribution < -0.4 is 14.2 Å². The van der Waals surface area contributed by atoms with Crippen LogP contribution in [0.4, 0.5) is 0 Å². The highest BCUT2D eigenvalue weighted by Gasteiger charge is 2.21. The SMILES string of the molecule is COc1cc(/C=C(\C#N)C(=O)N2CCOCC2)ccc1OC(=O)COc1ccc(Cl)cc1Br. The Labute approximate surface area is 204 Å². The van der Waals surface area contributed by atoms with Crippen molar-refractivity contribution < 1.29 is 28.5 Å². The molecule has 0 aromatic heterocycles. The first-order chi connectivity index (χ1) is 15.9. The van der Waals surface area contributed by atoms with Crippen LogP contribution in [0.2, 0.25) is 5.02 Å². The maximum Gasteiger partial charge on any atom is 0.349 e. The molecular weight excluding hydrogens is 516 g/mol. The number of benzene rings is 2. The Kier molecular flexibility index (Phi) is 8.72. The Morgan fingerprint density at radius 2 is 1.91 bits per heavy atom. The lowest BCUT2D eigenvalue weighted by molar-refractivity contribution is -0.136. The molecule has 1 fully saturated rings. The van der Waals surface area contributed by atoms with Crippen molar-refractivity contribution >= 4 is 45.5 Å². The smallest absolute Gasteiger partial charge is 0.349 e. The summed E-state index contributed by atoms with van der Waals surface area (Å²) in [5.74, 6) is -0.116. The van der Waals surface area contributed by atoms with Gasteiger partial charge < -0.3 is 23.8 Å². The van der Waals surface area contributed by atoms with E-state index < -0.39 is 5.97 Å². The van der Waals surface area contributed by atoms with E-state index in [0.29, 0.717) is 47.1 Å². The largest absolute Gasteiger partial charge is 0.493 e.